The summed E-state index contributed by atoms with van der Waals surface area (Å²) >= 11 is 0. The lowest BCUT2D eigenvalue weighted by atomic mass is 10.1. The Hall–Kier alpha value is -4.45. The van der Waals surface area contributed by atoms with Gasteiger partial charge < -0.3 is 26.3 Å². The molecule has 1 aliphatic rings. The molecule has 1 aliphatic heterocycles. The van der Waals surface area contributed by atoms with Crippen molar-refractivity contribution in [3.05, 3.63) is 83.3 Å². The minimum Gasteiger partial charge on any atom is -0.354 e. The number of hydrogen-bond donors (Lipinski definition) is 4. The average Bonchev–Trinajstić information content (AvgIpc) is 3.43. The number of likely N-dealkylation sites (N-methyl/N-ethyl adjacent to an activating group) is 1. The van der Waals surface area contributed by atoms with Crippen molar-refractivity contribution >= 4 is 44.1 Å². The maximum absolute atomic E-state index is 14.4. The predicted molar refractivity (Wildman–Crippen MR) is 172 cm³/mol. The Morgan fingerprint density at radius 2 is 1.77 bits per heavy atom. The number of nitrogens with one attached hydrogen (secondary N) is 4. The van der Waals surface area contributed by atoms with Gasteiger partial charge in [0.15, 0.2) is 11.5 Å². The molecule has 12 nitrogen and oxygen atoms in total. The number of carbonyl (C=O) groups is 2. The zero-order valence-electron chi connectivity index (χ0n) is 25.1. The first-order chi connectivity index (χ1) is 21.0. The van der Waals surface area contributed by atoms with E-state index in [4.69, 9.17) is 0 Å². The van der Waals surface area contributed by atoms with Gasteiger partial charge in [0.2, 0.25) is 0 Å². The van der Waals surface area contributed by atoms with Gasteiger partial charge >= 0.3 is 0 Å². The van der Waals surface area contributed by atoms with Crippen molar-refractivity contribution in [1.29, 1.82) is 0 Å². The van der Waals surface area contributed by atoms with Crippen LogP contribution in [0.2, 0.25) is 0 Å². The summed E-state index contributed by atoms with van der Waals surface area (Å²) in [7, 11) is 5.77. The van der Waals surface area contributed by atoms with Crippen molar-refractivity contribution < 1.29 is 14.0 Å². The third kappa shape index (κ3) is 7.36. The molecule has 4 aromatic rings. The van der Waals surface area contributed by atoms with E-state index in [-0.39, 0.29) is 17.5 Å². The summed E-state index contributed by atoms with van der Waals surface area (Å²) in [6, 6.07) is 15.3. The first-order valence-corrected chi connectivity index (χ1v) is 14.7. The van der Waals surface area contributed by atoms with Gasteiger partial charge in [0.1, 0.15) is 23.4 Å². The van der Waals surface area contributed by atoms with Gasteiger partial charge in [-0.05, 0) is 56.3 Å². The molecular weight excluding hydrogens is 582 g/mol. The fraction of sp³-hybridized carbons (Fsp3) is 0.300. The molecule has 0 bridgehead atoms. The highest BCUT2D eigenvalue weighted by molar-refractivity contribution is 7.18. The largest absolute Gasteiger partial charge is 0.354 e. The standard InChI is InChI=1S/C30H36FN10O2P/c1-19-8-9-22(35-28(42)20-6-5-7-21(14-20)30(2,31)44)15-23(19)36-27-16-24(29(43)32-3)37-41(27)26-17-25(33-18-34-26)38-40-12-10-39(4)11-13-40/h5-9,14-18,36H,10-13,44H2,1-4H3,(H,32,43)(H,35,42)(H,33,34,38). The number of hydrogen-bond acceptors (Lipinski definition) is 9. The second-order valence-corrected chi connectivity index (χ2v) is 11.9. The van der Waals surface area contributed by atoms with E-state index in [0.717, 1.165) is 31.7 Å². The van der Waals surface area contributed by atoms with Gasteiger partial charge in [0.05, 0.1) is 0 Å². The summed E-state index contributed by atoms with van der Waals surface area (Å²) in [6.07, 6.45) is 1.44. The lowest BCUT2D eigenvalue weighted by molar-refractivity contribution is 0.0956. The lowest BCUT2D eigenvalue weighted by Gasteiger charge is -2.32. The highest BCUT2D eigenvalue weighted by Crippen LogP contribution is 2.33. The fourth-order valence-corrected chi connectivity index (χ4v) is 4.81. The second-order valence-electron chi connectivity index (χ2n) is 10.8. The molecule has 2 aromatic carbocycles. The SMILES string of the molecule is CNC(=O)c1cc(Nc2cc(NC(=O)c3cccc(C(C)(F)P)c3)ccc2C)n(-c2cc(NN3CCN(C)CC3)ncn2)n1. The number of aromatic nitrogens is 4. The predicted octanol–water partition coefficient (Wildman–Crippen LogP) is 3.92. The molecule has 0 spiro atoms. The van der Waals surface area contributed by atoms with Crippen LogP contribution in [-0.4, -0.2) is 81.7 Å². The number of amides is 2. The molecule has 1 fully saturated rings. The summed E-state index contributed by atoms with van der Waals surface area (Å²) in [6.45, 7) is 6.90. The highest BCUT2D eigenvalue weighted by atomic mass is 31.0. The third-order valence-corrected chi connectivity index (χ3v) is 7.60. The zero-order chi connectivity index (χ0) is 31.4. The summed E-state index contributed by atoms with van der Waals surface area (Å²) in [4.78, 5) is 36.6. The van der Waals surface area contributed by atoms with Crippen LogP contribution in [-0.2, 0) is 5.41 Å². The van der Waals surface area contributed by atoms with E-state index in [9.17, 15) is 14.0 Å². The maximum atomic E-state index is 14.4. The molecule has 44 heavy (non-hydrogen) atoms. The molecular formula is C30H36FN10O2P. The number of alkyl halides is 1. The molecule has 4 N–H and O–H groups in total. The van der Waals surface area contributed by atoms with E-state index < -0.39 is 5.41 Å². The van der Waals surface area contributed by atoms with E-state index in [1.807, 2.05) is 13.0 Å². The average molecular weight is 619 g/mol. The summed E-state index contributed by atoms with van der Waals surface area (Å²) in [5, 5.41) is 13.8. The number of rotatable bonds is 9. The first kappa shape index (κ1) is 31.0. The molecule has 3 heterocycles. The molecule has 2 aromatic heterocycles. The van der Waals surface area contributed by atoms with Gasteiger partial charge in [-0.1, -0.05) is 27.4 Å². The number of aryl methyl sites for hydroxylation is 1. The highest BCUT2D eigenvalue weighted by Gasteiger charge is 2.21. The number of halogens is 1. The molecule has 0 saturated carbocycles. The topological polar surface area (TPSA) is 132 Å². The van der Waals surface area contributed by atoms with Crippen molar-refractivity contribution in [2.75, 3.05) is 56.3 Å². The van der Waals surface area contributed by atoms with Crippen LogP contribution in [0.5, 0.6) is 0 Å². The van der Waals surface area contributed by atoms with E-state index >= 15 is 0 Å². The Kier molecular flexibility index (Phi) is 9.19. The summed E-state index contributed by atoms with van der Waals surface area (Å²) in [5.74, 6) is 0.804. The molecule has 14 heteroatoms. The van der Waals surface area contributed by atoms with Crippen molar-refractivity contribution in [3.63, 3.8) is 0 Å². The van der Waals surface area contributed by atoms with Crippen molar-refractivity contribution in [2.45, 2.75) is 19.3 Å². The van der Waals surface area contributed by atoms with Crippen molar-refractivity contribution in [3.8, 4) is 5.82 Å². The minimum atomic E-state index is -1.65. The maximum Gasteiger partial charge on any atom is 0.271 e. The fourth-order valence-electron chi connectivity index (χ4n) is 4.63. The molecule has 5 rings (SSSR count). The van der Waals surface area contributed by atoms with Gasteiger partial charge in [0.25, 0.3) is 11.8 Å². The Bertz CT molecular complexity index is 1660. The van der Waals surface area contributed by atoms with Crippen LogP contribution in [0, 0.1) is 6.92 Å². The van der Waals surface area contributed by atoms with Gasteiger partial charge in [-0.3, -0.25) is 9.59 Å². The first-order valence-electron chi connectivity index (χ1n) is 14.1. The van der Waals surface area contributed by atoms with Gasteiger partial charge in [0, 0.05) is 62.3 Å². The van der Waals surface area contributed by atoms with Crippen LogP contribution in [0.25, 0.3) is 5.82 Å². The van der Waals surface area contributed by atoms with Crippen LogP contribution in [0.15, 0.2) is 60.9 Å². The Labute approximate surface area is 257 Å². The van der Waals surface area contributed by atoms with Gasteiger partial charge in [-0.2, -0.15) is 9.78 Å². The Morgan fingerprint density at radius 1 is 1.00 bits per heavy atom. The minimum absolute atomic E-state index is 0.193. The second kappa shape index (κ2) is 13.0. The molecule has 1 saturated heterocycles. The van der Waals surface area contributed by atoms with E-state index in [1.165, 1.54) is 31.0 Å². The number of piperazine rings is 1. The number of anilines is 4. The van der Waals surface area contributed by atoms with Crippen LogP contribution in [0.1, 0.15) is 38.9 Å². The van der Waals surface area contributed by atoms with Crippen LogP contribution >= 0.6 is 9.24 Å². The molecule has 2 atom stereocenters. The third-order valence-electron chi connectivity index (χ3n) is 7.26. The normalized spacial score (nSPS) is 15.3. The molecule has 230 valence electrons. The lowest BCUT2D eigenvalue weighted by Crippen LogP contribution is -2.47. The number of benzene rings is 2. The zero-order valence-corrected chi connectivity index (χ0v) is 26.2. The molecule has 0 radical (unpaired) electrons. The van der Waals surface area contributed by atoms with Crippen molar-refractivity contribution in [1.82, 2.24) is 35.0 Å². The van der Waals surface area contributed by atoms with Crippen molar-refractivity contribution in [2.24, 2.45) is 0 Å². The van der Waals surface area contributed by atoms with Crippen LogP contribution < -0.4 is 21.4 Å². The number of hydrazine groups is 1. The van der Waals surface area contributed by atoms with E-state index in [1.54, 1.807) is 42.5 Å². The van der Waals surface area contributed by atoms with E-state index in [2.05, 4.69) is 62.6 Å². The Balaban J connectivity index is 1.40. The smallest absolute Gasteiger partial charge is 0.271 e. The number of nitrogens with zero attached hydrogens (tertiary/aromatic N) is 6. The van der Waals surface area contributed by atoms with Gasteiger partial charge in [-0.15, -0.1) is 0 Å². The summed E-state index contributed by atoms with van der Waals surface area (Å²) < 4.78 is 16.0. The van der Waals surface area contributed by atoms with E-state index in [0.29, 0.717) is 40.0 Å². The summed E-state index contributed by atoms with van der Waals surface area (Å²) in [5.41, 5.74) is 6.33. The molecule has 2 amide bonds. The molecule has 0 aliphatic carbocycles. The monoisotopic (exact) mass is 618 g/mol. The molecule has 2 unspecified atom stereocenters. The number of carbonyl (C=O) groups excluding carboxylic acids is 2. The van der Waals surface area contributed by atoms with Crippen LogP contribution in [0.3, 0.4) is 0 Å². The van der Waals surface area contributed by atoms with Gasteiger partial charge in [-0.25, -0.2) is 19.4 Å². The Morgan fingerprint density at radius 3 is 2.50 bits per heavy atom. The quantitative estimate of drug-likeness (QED) is 0.206. The van der Waals surface area contributed by atoms with Crippen LogP contribution in [0.4, 0.5) is 27.4 Å².